The highest BCUT2D eigenvalue weighted by Crippen LogP contribution is 2.14. The Morgan fingerprint density at radius 2 is 2.24 bits per heavy atom. The molecule has 2 amide bonds. The first-order chi connectivity index (χ1) is 8.20. The van der Waals surface area contributed by atoms with E-state index in [1.165, 1.54) is 4.90 Å². The number of halogens is 1. The summed E-state index contributed by atoms with van der Waals surface area (Å²) in [6.07, 6.45) is -0.300. The fourth-order valence-corrected chi connectivity index (χ4v) is 1.67. The van der Waals surface area contributed by atoms with Crippen LogP contribution in [-0.2, 0) is 4.74 Å². The van der Waals surface area contributed by atoms with Crippen molar-refractivity contribution in [1.29, 1.82) is 5.41 Å². The fraction of sp³-hybridized carbons (Fsp3) is 0.273. The van der Waals surface area contributed by atoms with Gasteiger partial charge >= 0.3 is 6.03 Å². The van der Waals surface area contributed by atoms with E-state index in [1.54, 1.807) is 12.1 Å². The van der Waals surface area contributed by atoms with Crippen LogP contribution >= 0.6 is 11.6 Å². The van der Waals surface area contributed by atoms with Gasteiger partial charge in [-0.2, -0.15) is 0 Å². The normalized spacial score (nSPS) is 19.0. The number of carbonyl (C=O) groups excluding carboxylic acids is 1. The zero-order valence-corrected chi connectivity index (χ0v) is 9.78. The van der Waals surface area contributed by atoms with Gasteiger partial charge in [0.1, 0.15) is 6.10 Å². The van der Waals surface area contributed by atoms with Crippen molar-refractivity contribution < 1.29 is 9.53 Å². The number of carbonyl (C=O) groups is 1. The summed E-state index contributed by atoms with van der Waals surface area (Å²) in [6, 6.07) is 8.51. The molecule has 1 atom stereocenters. The number of ether oxygens (including phenoxy) is 1. The lowest BCUT2D eigenvalue weighted by Gasteiger charge is -2.13. The Kier molecular flexibility index (Phi) is 3.49. The van der Waals surface area contributed by atoms with Crippen molar-refractivity contribution in [2.24, 2.45) is 0 Å². The summed E-state index contributed by atoms with van der Waals surface area (Å²) in [5.41, 5.74) is 0.680. The molecule has 1 fully saturated rings. The number of benzene rings is 1. The monoisotopic (exact) mass is 253 g/mol. The minimum Gasteiger partial charge on any atom is -0.458 e. The van der Waals surface area contributed by atoms with E-state index in [2.05, 4.69) is 5.32 Å². The minimum absolute atomic E-state index is 0.163. The molecule has 5 nitrogen and oxygen atoms in total. The number of nitrogens with one attached hydrogen (secondary N) is 2. The third-order valence-corrected chi connectivity index (χ3v) is 2.70. The number of anilines is 1. The van der Waals surface area contributed by atoms with Crippen LogP contribution in [0.1, 0.15) is 0 Å². The summed E-state index contributed by atoms with van der Waals surface area (Å²) in [7, 11) is 0. The number of amides is 2. The molecule has 1 aliphatic rings. The maximum atomic E-state index is 11.8. The summed E-state index contributed by atoms with van der Waals surface area (Å²) >= 11 is 5.62. The highest BCUT2D eigenvalue weighted by atomic mass is 35.5. The average Bonchev–Trinajstić information content (AvgIpc) is 2.72. The van der Waals surface area contributed by atoms with Gasteiger partial charge in [0, 0.05) is 5.69 Å². The largest absolute Gasteiger partial charge is 0.458 e. The van der Waals surface area contributed by atoms with Gasteiger partial charge in [0.2, 0.25) is 0 Å². The Morgan fingerprint density at radius 1 is 1.53 bits per heavy atom. The fourth-order valence-electron chi connectivity index (χ4n) is 1.51. The van der Waals surface area contributed by atoms with E-state index >= 15 is 0 Å². The molecule has 1 heterocycles. The standard InChI is InChI=1S/C11H12ClN3O2/c12-6-9-7-15(10(13)17-9)11(16)14-8-4-2-1-3-5-8/h1-5,9,13H,6-7H2,(H,14,16). The van der Waals surface area contributed by atoms with Crippen molar-refractivity contribution in [3.8, 4) is 0 Å². The molecule has 0 spiro atoms. The number of urea groups is 1. The van der Waals surface area contributed by atoms with Crippen molar-refractivity contribution in [2.45, 2.75) is 6.10 Å². The van der Waals surface area contributed by atoms with Crippen LogP contribution in [0.5, 0.6) is 0 Å². The second-order valence-corrected chi connectivity index (χ2v) is 3.91. The van der Waals surface area contributed by atoms with Gasteiger partial charge in [0.25, 0.3) is 6.02 Å². The van der Waals surface area contributed by atoms with Gasteiger partial charge < -0.3 is 10.1 Å². The molecule has 0 aliphatic carbocycles. The average molecular weight is 254 g/mol. The summed E-state index contributed by atoms with van der Waals surface area (Å²) < 4.78 is 5.10. The van der Waals surface area contributed by atoms with Gasteiger partial charge in [-0.1, -0.05) is 18.2 Å². The third-order valence-electron chi connectivity index (χ3n) is 2.35. The first-order valence-corrected chi connectivity index (χ1v) is 5.69. The predicted molar refractivity (Wildman–Crippen MR) is 65.5 cm³/mol. The molecular weight excluding hydrogens is 242 g/mol. The summed E-state index contributed by atoms with van der Waals surface area (Å²) in [5, 5.41) is 10.2. The number of alkyl halides is 1. The highest BCUT2D eigenvalue weighted by molar-refractivity contribution is 6.18. The summed E-state index contributed by atoms with van der Waals surface area (Å²) in [4.78, 5) is 13.1. The SMILES string of the molecule is N=C1OC(CCl)CN1C(=O)Nc1ccccc1. The molecule has 1 aromatic rings. The minimum atomic E-state index is -0.381. The van der Waals surface area contributed by atoms with E-state index in [0.717, 1.165) is 0 Å². The molecule has 0 saturated carbocycles. The molecule has 2 N–H and O–H groups in total. The van der Waals surface area contributed by atoms with E-state index in [0.29, 0.717) is 12.2 Å². The molecule has 2 rings (SSSR count). The first-order valence-electron chi connectivity index (χ1n) is 5.15. The molecule has 1 saturated heterocycles. The molecule has 0 aromatic heterocycles. The summed E-state index contributed by atoms with van der Waals surface area (Å²) in [5.74, 6) is 0.261. The van der Waals surface area contributed by atoms with Gasteiger partial charge in [-0.3, -0.25) is 5.41 Å². The smallest absolute Gasteiger partial charge is 0.330 e. The molecule has 6 heteroatoms. The van der Waals surface area contributed by atoms with Crippen LogP contribution in [0.3, 0.4) is 0 Å². The molecule has 1 aromatic carbocycles. The lowest BCUT2D eigenvalue weighted by molar-refractivity contribution is 0.235. The molecule has 1 aliphatic heterocycles. The molecule has 1 unspecified atom stereocenters. The molecular formula is C11H12ClN3O2. The van der Waals surface area contributed by atoms with Gasteiger partial charge in [0.15, 0.2) is 0 Å². The van der Waals surface area contributed by atoms with Gasteiger partial charge in [0.05, 0.1) is 12.4 Å². The third kappa shape index (κ3) is 2.68. The van der Waals surface area contributed by atoms with E-state index in [-0.39, 0.29) is 24.0 Å². The molecule has 17 heavy (non-hydrogen) atoms. The van der Waals surface area contributed by atoms with Crippen molar-refractivity contribution in [3.05, 3.63) is 30.3 Å². The lowest BCUT2D eigenvalue weighted by Crippen LogP contribution is -2.36. The van der Waals surface area contributed by atoms with E-state index in [9.17, 15) is 4.79 Å². The number of hydrogen-bond acceptors (Lipinski definition) is 3. The highest BCUT2D eigenvalue weighted by Gasteiger charge is 2.32. The Balaban J connectivity index is 1.99. The number of nitrogens with zero attached hydrogens (tertiary/aromatic N) is 1. The van der Waals surface area contributed by atoms with Crippen molar-refractivity contribution in [3.63, 3.8) is 0 Å². The van der Waals surface area contributed by atoms with E-state index in [4.69, 9.17) is 21.7 Å². The topological polar surface area (TPSA) is 65.4 Å². The lowest BCUT2D eigenvalue weighted by atomic mass is 10.3. The second kappa shape index (κ2) is 5.05. The van der Waals surface area contributed by atoms with Crippen molar-refractivity contribution in [2.75, 3.05) is 17.7 Å². The van der Waals surface area contributed by atoms with Crippen LogP contribution in [0, 0.1) is 5.41 Å². The first kappa shape index (κ1) is 11.7. The van der Waals surface area contributed by atoms with Gasteiger partial charge in [-0.25, -0.2) is 9.69 Å². The van der Waals surface area contributed by atoms with E-state index in [1.807, 2.05) is 18.2 Å². The number of amidine groups is 1. The molecule has 0 radical (unpaired) electrons. The molecule has 0 bridgehead atoms. The Labute approximate surface area is 104 Å². The van der Waals surface area contributed by atoms with Crippen LogP contribution in [0.25, 0.3) is 0 Å². The summed E-state index contributed by atoms with van der Waals surface area (Å²) in [6.45, 7) is 0.307. The van der Waals surface area contributed by atoms with Gasteiger partial charge in [-0.15, -0.1) is 11.6 Å². The van der Waals surface area contributed by atoms with Crippen molar-refractivity contribution >= 4 is 29.3 Å². The van der Waals surface area contributed by atoms with Crippen LogP contribution < -0.4 is 5.32 Å². The number of hydrogen-bond donors (Lipinski definition) is 2. The van der Waals surface area contributed by atoms with Crippen LogP contribution in [0.4, 0.5) is 10.5 Å². The quantitative estimate of drug-likeness (QED) is 0.793. The van der Waals surface area contributed by atoms with E-state index < -0.39 is 0 Å². The Bertz CT molecular complexity index is 424. The van der Waals surface area contributed by atoms with Crippen LogP contribution in [-0.4, -0.2) is 35.5 Å². The van der Waals surface area contributed by atoms with Gasteiger partial charge in [-0.05, 0) is 12.1 Å². The van der Waals surface area contributed by atoms with Crippen LogP contribution in [0.2, 0.25) is 0 Å². The zero-order valence-electron chi connectivity index (χ0n) is 9.02. The molecule has 90 valence electrons. The predicted octanol–water partition coefficient (Wildman–Crippen LogP) is 2.09. The zero-order chi connectivity index (χ0) is 12.3. The van der Waals surface area contributed by atoms with Crippen molar-refractivity contribution in [1.82, 2.24) is 4.90 Å². The maximum Gasteiger partial charge on any atom is 0.330 e. The Morgan fingerprint density at radius 3 is 2.82 bits per heavy atom. The Hall–Kier alpha value is -1.75. The van der Waals surface area contributed by atoms with Crippen LogP contribution in [0.15, 0.2) is 30.3 Å². The number of para-hydroxylation sites is 1. The second-order valence-electron chi connectivity index (χ2n) is 3.61. The number of rotatable bonds is 2. The maximum absolute atomic E-state index is 11.8.